The summed E-state index contributed by atoms with van der Waals surface area (Å²) in [6.45, 7) is 5.68. The van der Waals surface area contributed by atoms with Crippen LogP contribution in [0.5, 0.6) is 11.5 Å². The van der Waals surface area contributed by atoms with Gasteiger partial charge < -0.3 is 15.5 Å². The number of aromatic hydroxyl groups is 2. The Bertz CT molecular complexity index is 647. The first-order chi connectivity index (χ1) is 9.86. The number of amides is 1. The lowest BCUT2D eigenvalue weighted by atomic mass is 10.00. The average Bonchev–Trinajstić information content (AvgIpc) is 2.72. The third kappa shape index (κ3) is 3.72. The molecule has 1 atom stereocenters. The first-order valence-corrected chi connectivity index (χ1v) is 7.44. The van der Waals surface area contributed by atoms with Crippen molar-refractivity contribution in [3.05, 3.63) is 34.3 Å². The zero-order chi connectivity index (χ0) is 15.6. The van der Waals surface area contributed by atoms with E-state index in [2.05, 4.69) is 10.3 Å². The van der Waals surface area contributed by atoms with E-state index >= 15 is 0 Å². The van der Waals surface area contributed by atoms with Crippen molar-refractivity contribution >= 4 is 22.4 Å². The maximum Gasteiger partial charge on any atom is 0.229 e. The fourth-order valence-electron chi connectivity index (χ4n) is 1.90. The van der Waals surface area contributed by atoms with Gasteiger partial charge in [0.25, 0.3) is 0 Å². The van der Waals surface area contributed by atoms with Crippen molar-refractivity contribution in [3.63, 3.8) is 0 Å². The number of carbonyl (C=O) groups is 1. The van der Waals surface area contributed by atoms with E-state index in [1.807, 2.05) is 20.8 Å². The Morgan fingerprint density at radius 1 is 1.33 bits per heavy atom. The van der Waals surface area contributed by atoms with Gasteiger partial charge in [-0.25, -0.2) is 4.98 Å². The molecule has 0 bridgehead atoms. The molecule has 2 rings (SSSR count). The van der Waals surface area contributed by atoms with Crippen molar-refractivity contribution in [2.45, 2.75) is 27.2 Å². The number of phenolic OH excluding ortho intramolecular Hbond substituents is 2. The molecule has 0 aliphatic rings. The summed E-state index contributed by atoms with van der Waals surface area (Å²) in [6, 6.07) is 4.58. The summed E-state index contributed by atoms with van der Waals surface area (Å²) in [5.41, 5.74) is 1.71. The van der Waals surface area contributed by atoms with Gasteiger partial charge in [-0.3, -0.25) is 4.79 Å². The van der Waals surface area contributed by atoms with Crippen molar-refractivity contribution in [2.75, 3.05) is 5.32 Å². The highest BCUT2D eigenvalue weighted by Crippen LogP contribution is 2.26. The molecule has 0 aliphatic carbocycles. The number of hydrogen-bond donors (Lipinski definition) is 3. The molecule has 1 aromatic heterocycles. The van der Waals surface area contributed by atoms with Crippen molar-refractivity contribution < 1.29 is 15.0 Å². The van der Waals surface area contributed by atoms with E-state index in [9.17, 15) is 15.0 Å². The number of nitrogens with zero attached hydrogens (tertiary/aromatic N) is 1. The predicted molar refractivity (Wildman–Crippen MR) is 82.9 cm³/mol. The summed E-state index contributed by atoms with van der Waals surface area (Å²) in [4.78, 5) is 17.5. The molecule has 0 fully saturated rings. The third-order valence-corrected chi connectivity index (χ3v) is 4.28. The molecule has 5 nitrogen and oxygen atoms in total. The lowest BCUT2D eigenvalue weighted by molar-refractivity contribution is -0.119. The summed E-state index contributed by atoms with van der Waals surface area (Å²) >= 11 is 1.45. The van der Waals surface area contributed by atoms with E-state index in [4.69, 9.17) is 0 Å². The van der Waals surface area contributed by atoms with Crippen LogP contribution in [0.25, 0.3) is 0 Å². The van der Waals surface area contributed by atoms with Gasteiger partial charge in [0, 0.05) is 10.8 Å². The minimum Gasteiger partial charge on any atom is -0.504 e. The quantitative estimate of drug-likeness (QED) is 0.758. The molecule has 0 saturated heterocycles. The molecule has 0 radical (unpaired) electrons. The smallest absolute Gasteiger partial charge is 0.229 e. The van der Waals surface area contributed by atoms with Gasteiger partial charge in [0.15, 0.2) is 16.6 Å². The Morgan fingerprint density at radius 2 is 2.05 bits per heavy atom. The summed E-state index contributed by atoms with van der Waals surface area (Å²) in [7, 11) is 0. The molecular formula is C15H18N2O3S. The van der Waals surface area contributed by atoms with Crippen LogP contribution in [0.15, 0.2) is 18.2 Å². The van der Waals surface area contributed by atoms with E-state index in [0.717, 1.165) is 16.1 Å². The highest BCUT2D eigenvalue weighted by Gasteiger charge is 2.16. The SMILES string of the molecule is Cc1nc(NC(=O)C(C)Cc2ccc(O)c(O)c2)sc1C. The van der Waals surface area contributed by atoms with E-state index < -0.39 is 0 Å². The van der Waals surface area contributed by atoms with Crippen LogP contribution >= 0.6 is 11.3 Å². The Labute approximate surface area is 127 Å². The van der Waals surface area contributed by atoms with Gasteiger partial charge in [0.1, 0.15) is 0 Å². The molecule has 0 aliphatic heterocycles. The molecule has 1 heterocycles. The van der Waals surface area contributed by atoms with E-state index in [-0.39, 0.29) is 23.3 Å². The van der Waals surface area contributed by atoms with E-state index in [0.29, 0.717) is 11.6 Å². The number of rotatable bonds is 4. The van der Waals surface area contributed by atoms with Crippen LogP contribution in [0, 0.1) is 19.8 Å². The van der Waals surface area contributed by atoms with E-state index in [1.54, 1.807) is 6.07 Å². The fraction of sp³-hybridized carbons (Fsp3) is 0.333. The summed E-state index contributed by atoms with van der Waals surface area (Å²) < 4.78 is 0. The molecule has 6 heteroatoms. The normalized spacial score (nSPS) is 12.1. The van der Waals surface area contributed by atoms with Gasteiger partial charge in [-0.15, -0.1) is 11.3 Å². The first kappa shape index (κ1) is 15.3. The second kappa shape index (κ2) is 6.13. The van der Waals surface area contributed by atoms with Crippen molar-refractivity contribution in [3.8, 4) is 11.5 Å². The number of nitrogens with one attached hydrogen (secondary N) is 1. The van der Waals surface area contributed by atoms with E-state index in [1.165, 1.54) is 23.5 Å². The van der Waals surface area contributed by atoms with Crippen LogP contribution in [-0.2, 0) is 11.2 Å². The molecular weight excluding hydrogens is 288 g/mol. The summed E-state index contributed by atoms with van der Waals surface area (Å²) in [6.07, 6.45) is 0.475. The molecule has 1 aromatic carbocycles. The zero-order valence-corrected chi connectivity index (χ0v) is 13.0. The Kier molecular flexibility index (Phi) is 4.47. The van der Waals surface area contributed by atoms with Gasteiger partial charge >= 0.3 is 0 Å². The molecule has 0 saturated carbocycles. The maximum atomic E-state index is 12.1. The Balaban J connectivity index is 2.00. The minimum atomic E-state index is -0.265. The van der Waals surface area contributed by atoms with Gasteiger partial charge in [-0.1, -0.05) is 13.0 Å². The van der Waals surface area contributed by atoms with Crippen LogP contribution in [0.4, 0.5) is 5.13 Å². The highest BCUT2D eigenvalue weighted by atomic mass is 32.1. The second-order valence-corrected chi connectivity index (χ2v) is 6.28. The number of benzene rings is 1. The molecule has 21 heavy (non-hydrogen) atoms. The highest BCUT2D eigenvalue weighted by molar-refractivity contribution is 7.15. The number of thiazole rings is 1. The second-order valence-electron chi connectivity index (χ2n) is 5.08. The molecule has 3 N–H and O–H groups in total. The van der Waals surface area contributed by atoms with Gasteiger partial charge in [0.2, 0.25) is 5.91 Å². The Hall–Kier alpha value is -2.08. The lowest BCUT2D eigenvalue weighted by Gasteiger charge is -2.11. The Morgan fingerprint density at radius 3 is 2.62 bits per heavy atom. The van der Waals surface area contributed by atoms with Crippen LogP contribution in [0.2, 0.25) is 0 Å². The molecule has 112 valence electrons. The van der Waals surface area contributed by atoms with Crippen LogP contribution in [-0.4, -0.2) is 21.1 Å². The molecule has 0 spiro atoms. The van der Waals surface area contributed by atoms with Crippen molar-refractivity contribution in [2.24, 2.45) is 5.92 Å². The maximum absolute atomic E-state index is 12.1. The molecule has 1 unspecified atom stereocenters. The monoisotopic (exact) mass is 306 g/mol. The zero-order valence-electron chi connectivity index (χ0n) is 12.2. The number of aromatic nitrogens is 1. The molecule has 1 amide bonds. The number of aryl methyl sites for hydroxylation is 2. The lowest BCUT2D eigenvalue weighted by Crippen LogP contribution is -2.22. The van der Waals surface area contributed by atoms with Crippen LogP contribution in [0.1, 0.15) is 23.1 Å². The predicted octanol–water partition coefficient (Wildman–Crippen LogP) is 2.99. The van der Waals surface area contributed by atoms with Crippen LogP contribution in [0.3, 0.4) is 0 Å². The first-order valence-electron chi connectivity index (χ1n) is 6.62. The minimum absolute atomic E-state index is 0.115. The molecule has 2 aromatic rings. The van der Waals surface area contributed by atoms with Gasteiger partial charge in [-0.2, -0.15) is 0 Å². The van der Waals surface area contributed by atoms with Gasteiger partial charge in [-0.05, 0) is 38.0 Å². The standard InChI is InChI=1S/C15H18N2O3S/c1-8(6-11-4-5-12(18)13(19)7-11)14(20)17-15-16-9(2)10(3)21-15/h4-5,7-8,18-19H,6H2,1-3H3,(H,16,17,20). The van der Waals surface area contributed by atoms with Crippen molar-refractivity contribution in [1.82, 2.24) is 4.98 Å². The largest absolute Gasteiger partial charge is 0.504 e. The fourth-order valence-corrected chi connectivity index (χ4v) is 2.71. The summed E-state index contributed by atoms with van der Waals surface area (Å²) in [5.74, 6) is -0.717. The number of hydrogen-bond acceptors (Lipinski definition) is 5. The summed E-state index contributed by atoms with van der Waals surface area (Å²) in [5, 5.41) is 22.1. The van der Waals surface area contributed by atoms with Crippen LogP contribution < -0.4 is 5.32 Å². The van der Waals surface area contributed by atoms with Gasteiger partial charge in [0.05, 0.1) is 5.69 Å². The average molecular weight is 306 g/mol. The third-order valence-electron chi connectivity index (χ3n) is 3.29. The number of carbonyl (C=O) groups excluding carboxylic acids is 1. The topological polar surface area (TPSA) is 82.5 Å². The van der Waals surface area contributed by atoms with Crippen molar-refractivity contribution in [1.29, 1.82) is 0 Å². The number of phenols is 2. The number of anilines is 1.